The quantitative estimate of drug-likeness (QED) is 0.725. The molecule has 0 radical (unpaired) electrons. The summed E-state index contributed by atoms with van der Waals surface area (Å²) in [7, 11) is 0. The first-order chi connectivity index (χ1) is 9.58. The van der Waals surface area contributed by atoms with Gasteiger partial charge in [0.25, 0.3) is 11.7 Å². The maximum atomic E-state index is 12.4. The Morgan fingerprint density at radius 3 is 2.70 bits per heavy atom. The number of halogens is 2. The van der Waals surface area contributed by atoms with Gasteiger partial charge in [-0.2, -0.15) is 8.78 Å². The van der Waals surface area contributed by atoms with Crippen LogP contribution in [0.4, 0.5) is 8.78 Å². The predicted octanol–water partition coefficient (Wildman–Crippen LogP) is 3.14. The van der Waals surface area contributed by atoms with Crippen LogP contribution in [0.1, 0.15) is 30.1 Å². The summed E-state index contributed by atoms with van der Waals surface area (Å²) >= 11 is 0.369. The zero-order chi connectivity index (χ0) is 15.0. The summed E-state index contributed by atoms with van der Waals surface area (Å²) in [5.74, 6) is -2.72. The Labute approximate surface area is 121 Å². The molecule has 1 aromatic carbocycles. The van der Waals surface area contributed by atoms with Gasteiger partial charge in [-0.05, 0) is 24.5 Å². The fourth-order valence-corrected chi connectivity index (χ4v) is 2.46. The zero-order valence-corrected chi connectivity index (χ0v) is 12.1. The number of aliphatic hydroxyl groups is 1. The van der Waals surface area contributed by atoms with Gasteiger partial charge in [-0.25, -0.2) is 0 Å². The van der Waals surface area contributed by atoms with Crippen LogP contribution in [-0.2, 0) is 0 Å². The highest BCUT2D eigenvalue weighted by molar-refractivity contribution is 7.99. The number of carbonyl (C=O) groups is 1. The van der Waals surface area contributed by atoms with Crippen molar-refractivity contribution < 1.29 is 18.7 Å². The molecule has 0 bridgehead atoms. The second-order valence-electron chi connectivity index (χ2n) is 4.37. The minimum atomic E-state index is -2.55. The number of alkyl halides is 2. The lowest BCUT2D eigenvalue weighted by molar-refractivity contribution is 0.0940. The maximum Gasteiger partial charge on any atom is 0.288 e. The second kappa shape index (κ2) is 8.92. The molecule has 0 aromatic heterocycles. The van der Waals surface area contributed by atoms with Crippen molar-refractivity contribution in [3.05, 3.63) is 29.8 Å². The summed E-state index contributed by atoms with van der Waals surface area (Å²) in [6.07, 6.45) is 1.46. The predicted molar refractivity (Wildman–Crippen MR) is 76.1 cm³/mol. The van der Waals surface area contributed by atoms with E-state index in [0.29, 0.717) is 24.7 Å². The zero-order valence-electron chi connectivity index (χ0n) is 11.3. The van der Waals surface area contributed by atoms with Crippen LogP contribution in [0.15, 0.2) is 29.2 Å². The molecule has 0 spiro atoms. The van der Waals surface area contributed by atoms with Crippen molar-refractivity contribution in [2.24, 2.45) is 5.92 Å². The average molecular weight is 303 g/mol. The molecule has 0 saturated heterocycles. The van der Waals surface area contributed by atoms with Gasteiger partial charge in [0.2, 0.25) is 0 Å². The van der Waals surface area contributed by atoms with Gasteiger partial charge >= 0.3 is 0 Å². The van der Waals surface area contributed by atoms with Crippen LogP contribution < -0.4 is 5.32 Å². The summed E-state index contributed by atoms with van der Waals surface area (Å²) < 4.78 is 24.9. The normalized spacial score (nSPS) is 12.4. The molecule has 1 amide bonds. The standard InChI is InChI=1S/C14H19F2NO2S/c1-2-10(7-8-18)9-17-13(19)11-5-3-4-6-12(11)20-14(15)16/h3-6,10,14,18H,2,7-9H2,1H3,(H,17,19). The summed E-state index contributed by atoms with van der Waals surface area (Å²) in [5.41, 5.74) is 0.261. The van der Waals surface area contributed by atoms with Gasteiger partial charge in [-0.15, -0.1) is 0 Å². The molecule has 0 heterocycles. The number of carbonyl (C=O) groups excluding carboxylic acids is 1. The van der Waals surface area contributed by atoms with Crippen LogP contribution in [0.25, 0.3) is 0 Å². The first kappa shape index (κ1) is 16.9. The van der Waals surface area contributed by atoms with Crippen LogP contribution in [0.2, 0.25) is 0 Å². The number of nitrogens with one attached hydrogen (secondary N) is 1. The van der Waals surface area contributed by atoms with Crippen molar-refractivity contribution >= 4 is 17.7 Å². The fourth-order valence-electron chi connectivity index (χ4n) is 1.82. The number of hydrogen-bond donors (Lipinski definition) is 2. The third-order valence-corrected chi connectivity index (χ3v) is 3.80. The smallest absolute Gasteiger partial charge is 0.288 e. The number of rotatable bonds is 8. The Morgan fingerprint density at radius 2 is 2.10 bits per heavy atom. The Balaban J connectivity index is 2.67. The van der Waals surface area contributed by atoms with Crippen molar-refractivity contribution in [2.75, 3.05) is 13.2 Å². The summed E-state index contributed by atoms with van der Waals surface area (Å²) in [6, 6.07) is 6.32. The van der Waals surface area contributed by atoms with Crippen molar-refractivity contribution in [3.8, 4) is 0 Å². The lowest BCUT2D eigenvalue weighted by atomic mass is 10.0. The molecule has 6 heteroatoms. The van der Waals surface area contributed by atoms with Crippen molar-refractivity contribution in [2.45, 2.75) is 30.4 Å². The molecular formula is C14H19F2NO2S. The monoisotopic (exact) mass is 303 g/mol. The maximum absolute atomic E-state index is 12.4. The van der Waals surface area contributed by atoms with Gasteiger partial charge in [0.1, 0.15) is 0 Å². The third kappa shape index (κ3) is 5.46. The number of thioether (sulfide) groups is 1. The van der Waals surface area contributed by atoms with E-state index < -0.39 is 5.76 Å². The number of hydrogen-bond acceptors (Lipinski definition) is 3. The van der Waals surface area contributed by atoms with E-state index in [1.54, 1.807) is 12.1 Å². The van der Waals surface area contributed by atoms with Crippen molar-refractivity contribution in [1.82, 2.24) is 5.32 Å². The van der Waals surface area contributed by atoms with Crippen LogP contribution >= 0.6 is 11.8 Å². The van der Waals surface area contributed by atoms with Crippen LogP contribution in [0, 0.1) is 5.92 Å². The van der Waals surface area contributed by atoms with Crippen molar-refractivity contribution in [3.63, 3.8) is 0 Å². The molecule has 2 N–H and O–H groups in total. The summed E-state index contributed by atoms with van der Waals surface area (Å²) in [4.78, 5) is 12.3. The fraction of sp³-hybridized carbons (Fsp3) is 0.500. The number of amides is 1. The molecular weight excluding hydrogens is 284 g/mol. The molecule has 1 atom stereocenters. The molecule has 20 heavy (non-hydrogen) atoms. The minimum absolute atomic E-state index is 0.0756. The van der Waals surface area contributed by atoms with E-state index in [1.165, 1.54) is 12.1 Å². The largest absolute Gasteiger partial charge is 0.396 e. The molecule has 3 nitrogen and oxygen atoms in total. The van der Waals surface area contributed by atoms with E-state index in [-0.39, 0.29) is 28.9 Å². The molecule has 1 aromatic rings. The van der Waals surface area contributed by atoms with Gasteiger partial charge in [0.15, 0.2) is 0 Å². The highest BCUT2D eigenvalue weighted by Crippen LogP contribution is 2.28. The molecule has 0 aliphatic rings. The van der Waals surface area contributed by atoms with Gasteiger partial charge in [-0.3, -0.25) is 4.79 Å². The molecule has 0 saturated carbocycles. The Bertz CT molecular complexity index is 429. The van der Waals surface area contributed by atoms with E-state index in [1.807, 2.05) is 6.92 Å². The SMILES string of the molecule is CCC(CCO)CNC(=O)c1ccccc1SC(F)F. The lowest BCUT2D eigenvalue weighted by Gasteiger charge is -2.15. The van der Waals surface area contributed by atoms with E-state index in [9.17, 15) is 13.6 Å². The molecule has 1 rings (SSSR count). The van der Waals surface area contributed by atoms with Gasteiger partial charge < -0.3 is 10.4 Å². The lowest BCUT2D eigenvalue weighted by Crippen LogP contribution is -2.30. The van der Waals surface area contributed by atoms with Crippen LogP contribution in [0.3, 0.4) is 0 Å². The molecule has 0 fully saturated rings. The van der Waals surface area contributed by atoms with E-state index in [0.717, 1.165) is 6.42 Å². The van der Waals surface area contributed by atoms with E-state index >= 15 is 0 Å². The van der Waals surface area contributed by atoms with Gasteiger partial charge in [0.05, 0.1) is 5.56 Å². The number of aliphatic hydroxyl groups excluding tert-OH is 1. The van der Waals surface area contributed by atoms with Crippen LogP contribution in [-0.4, -0.2) is 29.9 Å². The highest BCUT2D eigenvalue weighted by Gasteiger charge is 2.16. The molecule has 0 aliphatic heterocycles. The molecule has 1 unspecified atom stereocenters. The average Bonchev–Trinajstić information content (AvgIpc) is 2.43. The Kier molecular flexibility index (Phi) is 7.54. The Hall–Kier alpha value is -1.14. The summed E-state index contributed by atoms with van der Waals surface area (Å²) in [6.45, 7) is 2.49. The first-order valence-electron chi connectivity index (χ1n) is 6.51. The van der Waals surface area contributed by atoms with Gasteiger partial charge in [-0.1, -0.05) is 37.2 Å². The molecule has 112 valence electrons. The first-order valence-corrected chi connectivity index (χ1v) is 7.39. The van der Waals surface area contributed by atoms with E-state index in [4.69, 9.17) is 5.11 Å². The topological polar surface area (TPSA) is 49.3 Å². The van der Waals surface area contributed by atoms with Gasteiger partial charge in [0, 0.05) is 18.0 Å². The van der Waals surface area contributed by atoms with E-state index in [2.05, 4.69) is 5.32 Å². The highest BCUT2D eigenvalue weighted by atomic mass is 32.2. The summed E-state index contributed by atoms with van der Waals surface area (Å²) in [5, 5.41) is 11.6. The number of benzene rings is 1. The van der Waals surface area contributed by atoms with Crippen molar-refractivity contribution in [1.29, 1.82) is 0 Å². The van der Waals surface area contributed by atoms with Crippen LogP contribution in [0.5, 0.6) is 0 Å². The third-order valence-electron chi connectivity index (χ3n) is 3.01. The molecule has 0 aliphatic carbocycles. The minimum Gasteiger partial charge on any atom is -0.396 e. The Morgan fingerprint density at radius 1 is 1.40 bits per heavy atom. The second-order valence-corrected chi connectivity index (χ2v) is 5.40.